The number of aromatic nitrogens is 1. The molecule has 0 bridgehead atoms. The maximum Gasteiger partial charge on any atom is 0.573 e. The number of halogens is 3. The van der Waals surface area contributed by atoms with E-state index in [9.17, 15) is 18.0 Å². The van der Waals surface area contributed by atoms with Crippen LogP contribution >= 0.6 is 0 Å². The molecule has 0 atom stereocenters. The second-order valence-electron chi connectivity index (χ2n) is 6.82. The van der Waals surface area contributed by atoms with Gasteiger partial charge in [0.1, 0.15) is 5.75 Å². The molecule has 0 radical (unpaired) electrons. The number of pyridine rings is 1. The van der Waals surface area contributed by atoms with Crippen LogP contribution in [0.2, 0.25) is 0 Å². The van der Waals surface area contributed by atoms with Crippen LogP contribution in [0, 0.1) is 0 Å². The molecule has 0 aliphatic carbocycles. The maximum absolute atomic E-state index is 13.0. The van der Waals surface area contributed by atoms with E-state index in [0.29, 0.717) is 27.7 Å². The number of carbonyl (C=O) groups is 1. The third kappa shape index (κ3) is 5.01. The Morgan fingerprint density at radius 3 is 2.42 bits per heavy atom. The van der Waals surface area contributed by atoms with Gasteiger partial charge in [-0.2, -0.15) is 0 Å². The van der Waals surface area contributed by atoms with E-state index in [1.807, 2.05) is 54.6 Å². The molecule has 1 N–H and O–H groups in total. The minimum atomic E-state index is -4.77. The summed E-state index contributed by atoms with van der Waals surface area (Å²) in [7, 11) is 0. The predicted octanol–water partition coefficient (Wildman–Crippen LogP) is 5.73. The summed E-state index contributed by atoms with van der Waals surface area (Å²) < 4.78 is 41.2. The number of carbonyl (C=O) groups excluding carboxylic acids is 1. The number of fused-ring (bicyclic) bond motifs is 1. The van der Waals surface area contributed by atoms with Crippen molar-refractivity contribution in [1.82, 2.24) is 10.3 Å². The monoisotopic (exact) mass is 422 g/mol. The average molecular weight is 422 g/mol. The summed E-state index contributed by atoms with van der Waals surface area (Å²) >= 11 is 0. The van der Waals surface area contributed by atoms with Crippen LogP contribution < -0.4 is 10.1 Å². The lowest BCUT2D eigenvalue weighted by molar-refractivity contribution is -0.274. The fraction of sp³-hybridized carbons (Fsp3) is 0.0833. The Morgan fingerprint density at radius 2 is 1.65 bits per heavy atom. The third-order valence-electron chi connectivity index (χ3n) is 4.62. The van der Waals surface area contributed by atoms with Gasteiger partial charge in [-0.1, -0.05) is 60.7 Å². The number of benzene rings is 3. The predicted molar refractivity (Wildman–Crippen MR) is 111 cm³/mol. The van der Waals surface area contributed by atoms with Crippen molar-refractivity contribution < 1.29 is 22.7 Å². The lowest BCUT2D eigenvalue weighted by Crippen LogP contribution is -2.23. The van der Waals surface area contributed by atoms with E-state index in [1.54, 1.807) is 12.1 Å². The van der Waals surface area contributed by atoms with Crippen LogP contribution in [0.1, 0.15) is 15.9 Å². The topological polar surface area (TPSA) is 51.2 Å². The summed E-state index contributed by atoms with van der Waals surface area (Å²) in [5.41, 5.74) is 3.13. The zero-order valence-electron chi connectivity index (χ0n) is 16.2. The van der Waals surface area contributed by atoms with Crippen molar-refractivity contribution in [2.24, 2.45) is 0 Å². The molecule has 0 saturated carbocycles. The largest absolute Gasteiger partial charge is 0.573 e. The van der Waals surface area contributed by atoms with Gasteiger partial charge < -0.3 is 10.1 Å². The molecular weight excluding hydrogens is 405 g/mol. The summed E-state index contributed by atoms with van der Waals surface area (Å²) in [6, 6.07) is 24.0. The first-order chi connectivity index (χ1) is 14.9. The Bertz CT molecular complexity index is 1220. The van der Waals surface area contributed by atoms with Crippen molar-refractivity contribution in [3.63, 3.8) is 0 Å². The van der Waals surface area contributed by atoms with Gasteiger partial charge in [0.05, 0.1) is 16.8 Å². The van der Waals surface area contributed by atoms with E-state index in [1.165, 1.54) is 18.2 Å². The van der Waals surface area contributed by atoms with E-state index < -0.39 is 6.36 Å². The molecule has 4 rings (SSSR count). The molecule has 1 heterocycles. The first kappa shape index (κ1) is 20.4. The van der Waals surface area contributed by atoms with Crippen LogP contribution in [0.25, 0.3) is 22.2 Å². The van der Waals surface area contributed by atoms with Crippen LogP contribution in [0.3, 0.4) is 0 Å². The molecule has 1 amide bonds. The van der Waals surface area contributed by atoms with Crippen molar-refractivity contribution in [1.29, 1.82) is 0 Å². The van der Waals surface area contributed by atoms with Gasteiger partial charge in [-0.05, 0) is 29.8 Å². The number of nitrogens with zero attached hydrogens (tertiary/aromatic N) is 1. The molecule has 0 spiro atoms. The smallest absolute Gasteiger partial charge is 0.406 e. The first-order valence-corrected chi connectivity index (χ1v) is 9.47. The number of amides is 1. The first-order valence-electron chi connectivity index (χ1n) is 9.47. The Labute approximate surface area is 176 Å². The van der Waals surface area contributed by atoms with Crippen molar-refractivity contribution in [2.75, 3.05) is 0 Å². The highest BCUT2D eigenvalue weighted by Gasteiger charge is 2.31. The molecule has 7 heteroatoms. The Balaban J connectivity index is 1.60. The van der Waals surface area contributed by atoms with E-state index in [4.69, 9.17) is 0 Å². The number of rotatable bonds is 5. The molecule has 4 nitrogen and oxygen atoms in total. The lowest BCUT2D eigenvalue weighted by Gasteiger charge is -2.12. The highest BCUT2D eigenvalue weighted by molar-refractivity contribution is 6.07. The van der Waals surface area contributed by atoms with Crippen LogP contribution in [0.15, 0.2) is 84.9 Å². The third-order valence-corrected chi connectivity index (χ3v) is 4.62. The molecule has 0 aliphatic heterocycles. The zero-order valence-corrected chi connectivity index (χ0v) is 16.2. The van der Waals surface area contributed by atoms with E-state index >= 15 is 0 Å². The molecule has 156 valence electrons. The SMILES string of the molecule is O=C(NCc1cccc(OC(F)(F)F)c1)c1cc(-c2ccccc2)nc2ccccc12. The minimum Gasteiger partial charge on any atom is -0.406 e. The van der Waals surface area contributed by atoms with Gasteiger partial charge >= 0.3 is 6.36 Å². The Morgan fingerprint density at radius 1 is 0.903 bits per heavy atom. The van der Waals surface area contributed by atoms with Crippen molar-refractivity contribution >= 4 is 16.8 Å². The van der Waals surface area contributed by atoms with E-state index in [2.05, 4.69) is 15.0 Å². The number of ether oxygens (including phenoxy) is 1. The van der Waals surface area contributed by atoms with Gasteiger partial charge in [0.15, 0.2) is 0 Å². The van der Waals surface area contributed by atoms with Crippen LogP contribution in [0.4, 0.5) is 13.2 Å². The highest BCUT2D eigenvalue weighted by atomic mass is 19.4. The van der Waals surface area contributed by atoms with E-state index in [-0.39, 0.29) is 18.2 Å². The summed E-state index contributed by atoms with van der Waals surface area (Å²) in [6.45, 7) is 0.0468. The quantitative estimate of drug-likeness (QED) is 0.447. The normalized spacial score (nSPS) is 11.3. The number of nitrogens with one attached hydrogen (secondary N) is 1. The molecule has 0 unspecified atom stereocenters. The van der Waals surface area contributed by atoms with Crippen molar-refractivity contribution in [3.8, 4) is 17.0 Å². The fourth-order valence-corrected chi connectivity index (χ4v) is 3.25. The van der Waals surface area contributed by atoms with E-state index in [0.717, 1.165) is 5.56 Å². The number of hydrogen-bond acceptors (Lipinski definition) is 3. The molecule has 31 heavy (non-hydrogen) atoms. The van der Waals surface area contributed by atoms with Gasteiger partial charge in [-0.25, -0.2) is 4.98 Å². The molecule has 0 aliphatic rings. The van der Waals surface area contributed by atoms with Crippen LogP contribution in [0.5, 0.6) is 5.75 Å². The van der Waals surface area contributed by atoms with Crippen LogP contribution in [-0.2, 0) is 6.54 Å². The fourth-order valence-electron chi connectivity index (χ4n) is 3.25. The Hall–Kier alpha value is -3.87. The molecular formula is C24H17F3N2O2. The molecule has 3 aromatic carbocycles. The molecule has 0 saturated heterocycles. The molecule has 4 aromatic rings. The van der Waals surface area contributed by atoms with Crippen LogP contribution in [-0.4, -0.2) is 17.3 Å². The summed E-state index contributed by atoms with van der Waals surface area (Å²) in [6.07, 6.45) is -4.77. The van der Waals surface area contributed by atoms with Gasteiger partial charge in [0, 0.05) is 17.5 Å². The molecule has 0 fully saturated rings. The molecule has 1 aromatic heterocycles. The van der Waals surface area contributed by atoms with Gasteiger partial charge in [0.2, 0.25) is 0 Å². The number of hydrogen-bond donors (Lipinski definition) is 1. The zero-order chi connectivity index (χ0) is 21.8. The summed E-state index contributed by atoms with van der Waals surface area (Å²) in [4.78, 5) is 17.6. The second-order valence-corrected chi connectivity index (χ2v) is 6.82. The number of alkyl halides is 3. The number of para-hydroxylation sites is 1. The minimum absolute atomic E-state index is 0.0468. The lowest BCUT2D eigenvalue weighted by atomic mass is 10.0. The Kier molecular flexibility index (Phi) is 5.58. The summed E-state index contributed by atoms with van der Waals surface area (Å²) in [5, 5.41) is 3.46. The van der Waals surface area contributed by atoms with Gasteiger partial charge in [-0.3, -0.25) is 4.79 Å². The van der Waals surface area contributed by atoms with Crippen molar-refractivity contribution in [3.05, 3.63) is 96.1 Å². The highest BCUT2D eigenvalue weighted by Crippen LogP contribution is 2.26. The second kappa shape index (κ2) is 8.47. The maximum atomic E-state index is 13.0. The standard InChI is InChI=1S/C24H17F3N2O2/c25-24(26,27)31-18-10-6-7-16(13-18)15-28-23(30)20-14-22(17-8-2-1-3-9-17)29-21-12-5-4-11-19(20)21/h1-14H,15H2,(H,28,30). The van der Waals surface area contributed by atoms with Crippen molar-refractivity contribution in [2.45, 2.75) is 12.9 Å². The average Bonchev–Trinajstić information content (AvgIpc) is 2.76. The summed E-state index contributed by atoms with van der Waals surface area (Å²) in [5.74, 6) is -0.683. The van der Waals surface area contributed by atoms with Gasteiger partial charge in [-0.15, -0.1) is 13.2 Å². The van der Waals surface area contributed by atoms with Gasteiger partial charge in [0.25, 0.3) is 5.91 Å².